The number of aryl methyl sites for hydroxylation is 1. The molecule has 0 unspecified atom stereocenters. The monoisotopic (exact) mass is 521 g/mol. The topological polar surface area (TPSA) is 87.0 Å². The average Bonchev–Trinajstić information content (AvgIpc) is 3.26. The summed E-state index contributed by atoms with van der Waals surface area (Å²) in [5.74, 6) is 0.224. The van der Waals surface area contributed by atoms with Gasteiger partial charge < -0.3 is 20.1 Å². The smallest absolute Gasteiger partial charge is 0.229 e. The predicted octanol–water partition coefficient (Wildman–Crippen LogP) is 4.14. The Bertz CT molecular complexity index is 1410. The van der Waals surface area contributed by atoms with E-state index in [1.165, 1.54) is 6.07 Å². The number of rotatable bonds is 8. The number of pyridine rings is 1. The molecule has 4 heterocycles. The van der Waals surface area contributed by atoms with Crippen LogP contribution >= 0.6 is 0 Å². The van der Waals surface area contributed by atoms with Crippen molar-refractivity contribution in [3.05, 3.63) is 54.1 Å². The summed E-state index contributed by atoms with van der Waals surface area (Å²) in [4.78, 5) is 21.9. The van der Waals surface area contributed by atoms with Gasteiger partial charge >= 0.3 is 0 Å². The molecule has 1 aromatic carbocycles. The highest BCUT2D eigenvalue weighted by atomic mass is 19.1. The third kappa shape index (κ3) is 5.44. The third-order valence-corrected chi connectivity index (χ3v) is 6.85. The lowest BCUT2D eigenvalue weighted by atomic mass is 10.1. The molecule has 0 atom stereocenters. The minimum absolute atomic E-state index is 0.00160. The number of piperazine rings is 1. The molecule has 0 amide bonds. The summed E-state index contributed by atoms with van der Waals surface area (Å²) in [5, 5.41) is 6.40. The highest BCUT2D eigenvalue weighted by molar-refractivity contribution is 5.83. The second-order valence-electron chi connectivity index (χ2n) is 9.88. The van der Waals surface area contributed by atoms with E-state index in [-0.39, 0.29) is 23.2 Å². The van der Waals surface area contributed by atoms with Gasteiger partial charge in [0.1, 0.15) is 22.9 Å². The fourth-order valence-electron chi connectivity index (χ4n) is 4.84. The first kappa shape index (κ1) is 25.9. The van der Waals surface area contributed by atoms with Crippen LogP contribution in [0.2, 0.25) is 0 Å². The first-order chi connectivity index (χ1) is 18.3. The van der Waals surface area contributed by atoms with Gasteiger partial charge in [-0.05, 0) is 45.0 Å². The van der Waals surface area contributed by atoms with Crippen LogP contribution in [0.25, 0.3) is 22.3 Å². The van der Waals surface area contributed by atoms with E-state index in [0.717, 1.165) is 51.2 Å². The van der Waals surface area contributed by atoms with Gasteiger partial charge in [-0.3, -0.25) is 4.90 Å². The van der Waals surface area contributed by atoms with Gasteiger partial charge in [0.2, 0.25) is 5.95 Å². The Labute approximate surface area is 220 Å². The summed E-state index contributed by atoms with van der Waals surface area (Å²) in [6, 6.07) is 6.85. The van der Waals surface area contributed by atoms with Gasteiger partial charge in [-0.15, -0.1) is 0 Å². The maximum atomic E-state index is 15.0. The zero-order valence-electron chi connectivity index (χ0n) is 22.2. The van der Waals surface area contributed by atoms with Crippen LogP contribution in [-0.4, -0.2) is 75.7 Å². The Kier molecular flexibility index (Phi) is 7.48. The molecule has 0 bridgehead atoms. The summed E-state index contributed by atoms with van der Waals surface area (Å²) >= 11 is 0. The zero-order valence-corrected chi connectivity index (χ0v) is 22.2. The summed E-state index contributed by atoms with van der Waals surface area (Å²) in [5.41, 5.74) is 2.16. The number of aromatic nitrogens is 5. The molecule has 1 fully saturated rings. The number of imidazole rings is 1. The maximum Gasteiger partial charge on any atom is 0.229 e. The number of benzene rings is 1. The fourth-order valence-corrected chi connectivity index (χ4v) is 4.84. The summed E-state index contributed by atoms with van der Waals surface area (Å²) in [6.45, 7) is 11.9. The van der Waals surface area contributed by atoms with Gasteiger partial charge in [-0.1, -0.05) is 0 Å². The molecule has 3 aromatic heterocycles. The molecule has 11 heteroatoms. The van der Waals surface area contributed by atoms with Crippen molar-refractivity contribution in [2.45, 2.75) is 26.8 Å². The lowest BCUT2D eigenvalue weighted by molar-refractivity contribution is 0.246. The molecule has 2 N–H and O–H groups in total. The lowest BCUT2D eigenvalue weighted by Crippen LogP contribution is -2.46. The second kappa shape index (κ2) is 11.0. The van der Waals surface area contributed by atoms with Crippen LogP contribution in [0.4, 0.5) is 26.2 Å². The Morgan fingerprint density at radius 3 is 2.55 bits per heavy atom. The summed E-state index contributed by atoms with van der Waals surface area (Å²) < 4.78 is 31.7. The van der Waals surface area contributed by atoms with E-state index in [9.17, 15) is 8.78 Å². The molecule has 1 aliphatic heterocycles. The van der Waals surface area contributed by atoms with Gasteiger partial charge in [0.15, 0.2) is 11.6 Å². The van der Waals surface area contributed by atoms with Crippen molar-refractivity contribution in [1.82, 2.24) is 34.7 Å². The molecule has 9 nitrogen and oxygen atoms in total. The minimum atomic E-state index is -0.643. The number of nitrogens with zero attached hydrogens (tertiary/aromatic N) is 7. The van der Waals surface area contributed by atoms with Crippen LogP contribution in [0.1, 0.15) is 25.7 Å². The Hall–Kier alpha value is -3.70. The van der Waals surface area contributed by atoms with Gasteiger partial charge in [-0.2, -0.15) is 0 Å². The Balaban J connectivity index is 1.33. The minimum Gasteiger partial charge on any atom is -0.372 e. The number of anilines is 3. The van der Waals surface area contributed by atoms with Crippen molar-refractivity contribution in [2.75, 3.05) is 56.5 Å². The number of fused-ring (bicyclic) bond motifs is 1. The number of hydrogen-bond acceptors (Lipinski definition) is 8. The van der Waals surface area contributed by atoms with Gasteiger partial charge in [-0.25, -0.2) is 28.7 Å². The number of hydrogen-bond donors (Lipinski definition) is 2. The van der Waals surface area contributed by atoms with E-state index in [4.69, 9.17) is 0 Å². The third-order valence-electron chi connectivity index (χ3n) is 6.85. The SMILES string of the molecule is Cc1nc2c(F)cc(-c3nc(Nc4ccc(N(C)CCN5CCNCC5)cn4)ncc3F)cc2n1C(C)C. The Morgan fingerprint density at radius 1 is 1.05 bits per heavy atom. The molecule has 0 saturated carbocycles. The van der Waals surface area contributed by atoms with Gasteiger partial charge in [0.25, 0.3) is 0 Å². The molecule has 4 aromatic rings. The molecule has 1 aliphatic rings. The van der Waals surface area contributed by atoms with Crippen molar-refractivity contribution in [1.29, 1.82) is 0 Å². The van der Waals surface area contributed by atoms with Crippen LogP contribution < -0.4 is 15.5 Å². The fraction of sp³-hybridized carbons (Fsp3) is 0.407. The van der Waals surface area contributed by atoms with Crippen LogP contribution in [0.15, 0.2) is 36.7 Å². The molecule has 5 rings (SSSR count). The van der Waals surface area contributed by atoms with Gasteiger partial charge in [0, 0.05) is 57.9 Å². The zero-order chi connectivity index (χ0) is 26.8. The molecule has 1 saturated heterocycles. The maximum absolute atomic E-state index is 15.0. The van der Waals surface area contributed by atoms with E-state index >= 15 is 0 Å². The van der Waals surface area contributed by atoms with E-state index in [1.807, 2.05) is 44.5 Å². The quantitative estimate of drug-likeness (QED) is 0.358. The number of halogens is 2. The molecule has 38 heavy (non-hydrogen) atoms. The van der Waals surface area contributed by atoms with Crippen molar-refractivity contribution >= 4 is 28.5 Å². The van der Waals surface area contributed by atoms with Crippen LogP contribution in [0.5, 0.6) is 0 Å². The van der Waals surface area contributed by atoms with E-state index in [0.29, 0.717) is 22.7 Å². The van der Waals surface area contributed by atoms with E-state index < -0.39 is 11.6 Å². The summed E-state index contributed by atoms with van der Waals surface area (Å²) in [7, 11) is 2.05. The largest absolute Gasteiger partial charge is 0.372 e. The number of likely N-dealkylation sites (N-methyl/N-ethyl adjacent to an activating group) is 1. The predicted molar refractivity (Wildman–Crippen MR) is 146 cm³/mol. The van der Waals surface area contributed by atoms with Crippen LogP contribution in [-0.2, 0) is 0 Å². The highest BCUT2D eigenvalue weighted by Gasteiger charge is 2.18. The number of nitrogens with one attached hydrogen (secondary N) is 2. The molecular weight excluding hydrogens is 488 g/mol. The lowest BCUT2D eigenvalue weighted by Gasteiger charge is -2.29. The normalized spacial score (nSPS) is 14.4. The standard InChI is InChI=1S/C27H33F2N9/c1-17(2)38-18(3)33-26-21(28)13-19(14-23(26)38)25-22(29)16-32-27(35-25)34-24-6-5-20(15-31-24)36(4)11-12-37-9-7-30-8-10-37/h5-6,13-17,30H,7-12H2,1-4H3,(H,31,32,34,35). The van der Waals surface area contributed by atoms with E-state index in [2.05, 4.69) is 40.4 Å². The van der Waals surface area contributed by atoms with Crippen molar-refractivity contribution < 1.29 is 8.78 Å². The van der Waals surface area contributed by atoms with E-state index in [1.54, 1.807) is 12.3 Å². The first-order valence-electron chi connectivity index (χ1n) is 12.9. The van der Waals surface area contributed by atoms with Gasteiger partial charge in [0.05, 0.1) is 23.6 Å². The average molecular weight is 522 g/mol. The molecule has 200 valence electrons. The van der Waals surface area contributed by atoms with Crippen LogP contribution in [0.3, 0.4) is 0 Å². The molecular formula is C27H33F2N9. The van der Waals surface area contributed by atoms with Crippen molar-refractivity contribution in [3.8, 4) is 11.3 Å². The summed E-state index contributed by atoms with van der Waals surface area (Å²) in [6.07, 6.45) is 2.86. The van der Waals surface area contributed by atoms with Crippen LogP contribution in [0, 0.1) is 18.6 Å². The van der Waals surface area contributed by atoms with Crippen molar-refractivity contribution in [2.24, 2.45) is 0 Å². The molecule has 0 radical (unpaired) electrons. The molecule has 0 spiro atoms. The second-order valence-corrected chi connectivity index (χ2v) is 9.88. The Morgan fingerprint density at radius 2 is 1.84 bits per heavy atom. The van der Waals surface area contributed by atoms with Crippen molar-refractivity contribution in [3.63, 3.8) is 0 Å². The first-order valence-corrected chi connectivity index (χ1v) is 12.9. The molecule has 0 aliphatic carbocycles. The highest BCUT2D eigenvalue weighted by Crippen LogP contribution is 2.30.